The lowest BCUT2D eigenvalue weighted by Gasteiger charge is -2.26. The van der Waals surface area contributed by atoms with Crippen LogP contribution in [0.2, 0.25) is 0 Å². The van der Waals surface area contributed by atoms with Crippen LogP contribution in [0.15, 0.2) is 42.5 Å². The minimum absolute atomic E-state index is 0.0661. The maximum absolute atomic E-state index is 14.7. The first-order chi connectivity index (χ1) is 13.1. The quantitative estimate of drug-likeness (QED) is 0.458. The van der Waals surface area contributed by atoms with Gasteiger partial charge >= 0.3 is 0 Å². The van der Waals surface area contributed by atoms with E-state index in [9.17, 15) is 8.78 Å². The third-order valence-corrected chi connectivity index (χ3v) is 5.70. The minimum atomic E-state index is -0.376. The van der Waals surface area contributed by atoms with E-state index in [1.165, 1.54) is 41.7 Å². The fourth-order valence-electron chi connectivity index (χ4n) is 4.18. The molecule has 1 unspecified atom stereocenters. The molecule has 0 radical (unpaired) electrons. The van der Waals surface area contributed by atoms with E-state index in [0.29, 0.717) is 6.42 Å². The van der Waals surface area contributed by atoms with E-state index in [4.69, 9.17) is 0 Å². The van der Waals surface area contributed by atoms with Crippen LogP contribution in [0.25, 0.3) is 0 Å². The summed E-state index contributed by atoms with van der Waals surface area (Å²) >= 11 is 0. The van der Waals surface area contributed by atoms with Crippen molar-refractivity contribution in [2.75, 3.05) is 0 Å². The van der Waals surface area contributed by atoms with E-state index in [-0.39, 0.29) is 23.1 Å². The largest absolute Gasteiger partial charge is 0.207 e. The minimum Gasteiger partial charge on any atom is -0.207 e. The number of fused-ring (bicyclic) bond motifs is 1. The highest BCUT2D eigenvalue weighted by atomic mass is 19.1. The first-order valence-corrected chi connectivity index (χ1v) is 10.3. The summed E-state index contributed by atoms with van der Waals surface area (Å²) in [4.78, 5) is 0. The van der Waals surface area contributed by atoms with E-state index < -0.39 is 0 Å². The summed E-state index contributed by atoms with van der Waals surface area (Å²) in [6.45, 7) is 4.16. The van der Waals surface area contributed by atoms with E-state index in [0.717, 1.165) is 37.7 Å². The van der Waals surface area contributed by atoms with Crippen LogP contribution < -0.4 is 0 Å². The van der Waals surface area contributed by atoms with Crippen LogP contribution in [-0.4, -0.2) is 0 Å². The number of allylic oxidation sites excluding steroid dienone is 2. The number of aryl methyl sites for hydroxylation is 3. The van der Waals surface area contributed by atoms with Crippen LogP contribution >= 0.6 is 0 Å². The smallest absolute Gasteiger partial charge is 0.129 e. The van der Waals surface area contributed by atoms with Gasteiger partial charge in [-0.25, -0.2) is 8.78 Å². The van der Waals surface area contributed by atoms with Gasteiger partial charge in [0.2, 0.25) is 0 Å². The van der Waals surface area contributed by atoms with Crippen LogP contribution in [0, 0.1) is 11.6 Å². The number of benzene rings is 2. The van der Waals surface area contributed by atoms with Crippen molar-refractivity contribution in [1.82, 2.24) is 0 Å². The Hall–Kier alpha value is -1.96. The van der Waals surface area contributed by atoms with Gasteiger partial charge < -0.3 is 0 Å². The molecule has 0 nitrogen and oxygen atoms in total. The van der Waals surface area contributed by atoms with Crippen LogP contribution in [0.3, 0.4) is 0 Å². The molecular weight excluding hydrogens is 338 g/mol. The fourth-order valence-corrected chi connectivity index (χ4v) is 4.18. The second-order valence-corrected chi connectivity index (χ2v) is 7.73. The predicted molar refractivity (Wildman–Crippen MR) is 109 cm³/mol. The van der Waals surface area contributed by atoms with Crippen molar-refractivity contribution >= 4 is 0 Å². The average molecular weight is 369 g/mol. The summed E-state index contributed by atoms with van der Waals surface area (Å²) in [5, 5.41) is 0. The molecule has 0 aliphatic heterocycles. The van der Waals surface area contributed by atoms with Gasteiger partial charge in [0.15, 0.2) is 0 Å². The zero-order valence-corrected chi connectivity index (χ0v) is 16.5. The molecule has 0 aromatic heterocycles. The lowest BCUT2D eigenvalue weighted by molar-refractivity contribution is 0.489. The normalized spacial score (nSPS) is 16.7. The van der Waals surface area contributed by atoms with Gasteiger partial charge in [0.05, 0.1) is 0 Å². The van der Waals surface area contributed by atoms with Crippen molar-refractivity contribution in [2.45, 2.75) is 71.1 Å². The molecule has 2 aromatic rings. The van der Waals surface area contributed by atoms with Crippen LogP contribution in [0.1, 0.15) is 73.3 Å². The first kappa shape index (κ1) is 19.8. The summed E-state index contributed by atoms with van der Waals surface area (Å²) in [6.07, 6.45) is 11.4. The fraction of sp³-hybridized carbons (Fsp3) is 0.440. The van der Waals surface area contributed by atoms with Crippen LogP contribution in [-0.2, 0) is 25.7 Å². The van der Waals surface area contributed by atoms with Crippen molar-refractivity contribution in [3.63, 3.8) is 0 Å². The van der Waals surface area contributed by atoms with Gasteiger partial charge in [-0.15, -0.1) is 0 Å². The molecule has 0 N–H and O–H groups in total. The highest BCUT2D eigenvalue weighted by Crippen LogP contribution is 2.36. The maximum atomic E-state index is 14.7. The molecule has 144 valence electrons. The van der Waals surface area contributed by atoms with E-state index in [1.807, 2.05) is 19.1 Å². The molecule has 0 spiro atoms. The maximum Gasteiger partial charge on any atom is 0.129 e. The van der Waals surface area contributed by atoms with Gasteiger partial charge in [0.25, 0.3) is 0 Å². The molecular formula is C25H30F2. The topological polar surface area (TPSA) is 0 Å². The van der Waals surface area contributed by atoms with E-state index in [2.05, 4.69) is 25.1 Å². The Morgan fingerprint density at radius 3 is 2.48 bits per heavy atom. The Labute approximate surface area is 162 Å². The Balaban J connectivity index is 1.76. The molecule has 27 heavy (non-hydrogen) atoms. The lowest BCUT2D eigenvalue weighted by Crippen LogP contribution is -2.16. The third kappa shape index (κ3) is 4.86. The number of rotatable bonds is 7. The molecule has 1 aliphatic rings. The number of hydrogen-bond acceptors (Lipinski definition) is 0. The Bertz CT molecular complexity index is 781. The highest BCUT2D eigenvalue weighted by Gasteiger charge is 2.26. The monoisotopic (exact) mass is 368 g/mol. The van der Waals surface area contributed by atoms with Crippen LogP contribution in [0.5, 0.6) is 0 Å². The molecule has 2 heteroatoms. The highest BCUT2D eigenvalue weighted by molar-refractivity contribution is 5.38. The van der Waals surface area contributed by atoms with Gasteiger partial charge in [-0.2, -0.15) is 0 Å². The number of unbranched alkanes of at least 4 members (excludes halogenated alkanes) is 1. The van der Waals surface area contributed by atoms with Gasteiger partial charge in [0.1, 0.15) is 11.6 Å². The third-order valence-electron chi connectivity index (χ3n) is 5.70. The Morgan fingerprint density at radius 2 is 1.78 bits per heavy atom. The van der Waals surface area contributed by atoms with E-state index in [1.54, 1.807) is 0 Å². The summed E-state index contributed by atoms with van der Waals surface area (Å²) in [5.74, 6) is -0.819. The number of hydrogen-bond donors (Lipinski definition) is 0. The van der Waals surface area contributed by atoms with Crippen molar-refractivity contribution in [3.8, 4) is 0 Å². The standard InChI is InChI=1S/C25H30F2/c1-3-5-7-9-19-15-23(26)25(24(27)16-19)22-13-12-20-14-18(8-6-4-2)10-11-21(20)17-22/h3,5,10-11,14-16,22H,4,6-9,12-13,17H2,1-2H3/b5-3+. The summed E-state index contributed by atoms with van der Waals surface area (Å²) < 4.78 is 29.5. The molecule has 0 heterocycles. The molecule has 0 amide bonds. The van der Waals surface area contributed by atoms with Crippen molar-refractivity contribution < 1.29 is 8.78 Å². The zero-order valence-electron chi connectivity index (χ0n) is 16.5. The summed E-state index contributed by atoms with van der Waals surface area (Å²) in [7, 11) is 0. The van der Waals surface area contributed by atoms with Gasteiger partial charge in [-0.3, -0.25) is 0 Å². The molecule has 0 bridgehead atoms. The zero-order chi connectivity index (χ0) is 19.2. The first-order valence-electron chi connectivity index (χ1n) is 10.3. The molecule has 0 fully saturated rings. The van der Waals surface area contributed by atoms with Gasteiger partial charge in [-0.05, 0) is 92.2 Å². The van der Waals surface area contributed by atoms with Crippen molar-refractivity contribution in [2.24, 2.45) is 0 Å². The second kappa shape index (κ2) is 9.30. The summed E-state index contributed by atoms with van der Waals surface area (Å²) in [5.41, 5.74) is 5.03. The molecule has 1 aliphatic carbocycles. The molecule has 2 aromatic carbocycles. The Morgan fingerprint density at radius 1 is 1.00 bits per heavy atom. The van der Waals surface area contributed by atoms with Gasteiger partial charge in [-0.1, -0.05) is 43.7 Å². The molecule has 0 saturated heterocycles. The summed E-state index contributed by atoms with van der Waals surface area (Å²) in [6, 6.07) is 9.73. The van der Waals surface area contributed by atoms with Gasteiger partial charge in [0, 0.05) is 5.56 Å². The Kier molecular flexibility index (Phi) is 6.82. The molecule has 0 saturated carbocycles. The lowest BCUT2D eigenvalue weighted by atomic mass is 9.79. The predicted octanol–water partition coefficient (Wildman–Crippen LogP) is 7.09. The molecule has 3 rings (SSSR count). The van der Waals surface area contributed by atoms with Crippen molar-refractivity contribution in [1.29, 1.82) is 0 Å². The average Bonchev–Trinajstić information content (AvgIpc) is 2.66. The molecule has 1 atom stereocenters. The number of halogens is 2. The van der Waals surface area contributed by atoms with Crippen molar-refractivity contribution in [3.05, 3.63) is 81.9 Å². The van der Waals surface area contributed by atoms with Crippen LogP contribution in [0.4, 0.5) is 8.78 Å². The SMILES string of the molecule is C/C=C/CCc1cc(F)c(C2CCc3cc(CCCC)ccc3C2)c(F)c1. The van der Waals surface area contributed by atoms with E-state index >= 15 is 0 Å². The second-order valence-electron chi connectivity index (χ2n) is 7.73.